The van der Waals surface area contributed by atoms with Crippen LogP contribution >= 0.6 is 0 Å². The zero-order valence-electron chi connectivity index (χ0n) is 19.2. The molecule has 1 aliphatic rings. The molecule has 0 fully saturated rings. The normalized spacial score (nSPS) is 14.8. The molecule has 3 rings (SSSR count). The summed E-state index contributed by atoms with van der Waals surface area (Å²) in [5.74, 6) is 0. The first-order valence-electron chi connectivity index (χ1n) is 12.1. The van der Waals surface area contributed by atoms with Gasteiger partial charge in [0.15, 0.2) is 0 Å². The third-order valence-corrected chi connectivity index (χ3v) is 6.19. The van der Waals surface area contributed by atoms with E-state index in [4.69, 9.17) is 4.99 Å². The fourth-order valence-corrected chi connectivity index (χ4v) is 4.36. The van der Waals surface area contributed by atoms with Crippen molar-refractivity contribution in [3.63, 3.8) is 0 Å². The lowest BCUT2D eigenvalue weighted by molar-refractivity contribution is 0.568. The number of hydrogen-bond donors (Lipinski definition) is 2. The maximum atomic E-state index is 4.86. The maximum absolute atomic E-state index is 4.86. The molecule has 3 nitrogen and oxygen atoms in total. The van der Waals surface area contributed by atoms with Crippen LogP contribution in [0.25, 0.3) is 17.5 Å². The van der Waals surface area contributed by atoms with Crippen molar-refractivity contribution >= 4 is 11.8 Å². The van der Waals surface area contributed by atoms with E-state index < -0.39 is 0 Å². The third kappa shape index (κ3) is 6.10. The molecule has 162 valence electrons. The summed E-state index contributed by atoms with van der Waals surface area (Å²) in [7, 11) is 0. The van der Waals surface area contributed by atoms with Gasteiger partial charge in [0.1, 0.15) is 0 Å². The van der Waals surface area contributed by atoms with Crippen LogP contribution in [0, 0.1) is 6.92 Å². The number of aromatic nitrogens is 2. The van der Waals surface area contributed by atoms with Crippen molar-refractivity contribution in [1.82, 2.24) is 9.97 Å². The molecule has 2 aromatic rings. The number of aliphatic imine (C=N–C) groups is 1. The minimum absolute atomic E-state index is 1.02. The molecule has 0 saturated carbocycles. The molecule has 2 aromatic heterocycles. The summed E-state index contributed by atoms with van der Waals surface area (Å²) in [5, 5.41) is 0. The van der Waals surface area contributed by atoms with E-state index in [9.17, 15) is 0 Å². The van der Waals surface area contributed by atoms with Gasteiger partial charge in [-0.1, -0.05) is 65.2 Å². The fourth-order valence-electron chi connectivity index (χ4n) is 4.36. The van der Waals surface area contributed by atoms with Crippen LogP contribution in [0.15, 0.2) is 41.2 Å². The SMILES string of the molecule is CCCCCCCCCCCC1=NC(=Cc2[nH]c(-c3ccc[nH]3)c(CC)c2C)C=C1. The molecule has 3 heteroatoms. The zero-order valence-corrected chi connectivity index (χ0v) is 19.2. The molecular weight excluding hydrogens is 366 g/mol. The van der Waals surface area contributed by atoms with Crippen LogP contribution in [-0.4, -0.2) is 15.7 Å². The van der Waals surface area contributed by atoms with Crippen molar-refractivity contribution in [3.8, 4) is 11.4 Å². The van der Waals surface area contributed by atoms with E-state index in [1.54, 1.807) is 0 Å². The van der Waals surface area contributed by atoms with E-state index in [1.807, 2.05) is 12.3 Å². The lowest BCUT2D eigenvalue weighted by Crippen LogP contribution is -1.90. The third-order valence-electron chi connectivity index (χ3n) is 6.19. The Labute approximate surface area is 182 Å². The minimum Gasteiger partial charge on any atom is -0.360 e. The molecule has 0 bridgehead atoms. The first-order chi connectivity index (χ1) is 14.7. The smallest absolute Gasteiger partial charge is 0.0659 e. The minimum atomic E-state index is 1.02. The Kier molecular flexibility index (Phi) is 8.80. The van der Waals surface area contributed by atoms with Gasteiger partial charge in [0.25, 0.3) is 0 Å². The first-order valence-corrected chi connectivity index (χ1v) is 12.1. The van der Waals surface area contributed by atoms with Crippen molar-refractivity contribution in [2.75, 3.05) is 0 Å². The molecule has 1 aliphatic heterocycles. The van der Waals surface area contributed by atoms with Crippen molar-refractivity contribution in [3.05, 3.63) is 53.0 Å². The average molecular weight is 406 g/mol. The van der Waals surface area contributed by atoms with Crippen LogP contribution < -0.4 is 0 Å². The van der Waals surface area contributed by atoms with Crippen LogP contribution in [0.1, 0.15) is 94.9 Å². The van der Waals surface area contributed by atoms with E-state index in [2.05, 4.69) is 55.0 Å². The highest BCUT2D eigenvalue weighted by atomic mass is 14.8. The Morgan fingerprint density at radius 2 is 1.67 bits per heavy atom. The van der Waals surface area contributed by atoms with Gasteiger partial charge < -0.3 is 9.97 Å². The lowest BCUT2D eigenvalue weighted by atomic mass is 10.1. The average Bonchev–Trinajstić information content (AvgIpc) is 3.48. The Balaban J connectivity index is 1.49. The van der Waals surface area contributed by atoms with Gasteiger partial charge in [-0.25, -0.2) is 0 Å². The molecule has 2 N–H and O–H groups in total. The van der Waals surface area contributed by atoms with Crippen LogP contribution in [0.2, 0.25) is 0 Å². The van der Waals surface area contributed by atoms with Crippen LogP contribution in [0.5, 0.6) is 0 Å². The van der Waals surface area contributed by atoms with Gasteiger partial charge in [-0.05, 0) is 67.7 Å². The number of unbranched alkanes of at least 4 members (excludes halogenated alkanes) is 8. The molecule has 0 aliphatic carbocycles. The molecular formula is C27H39N3. The molecule has 30 heavy (non-hydrogen) atoms. The van der Waals surface area contributed by atoms with Crippen molar-refractivity contribution in [2.24, 2.45) is 4.99 Å². The van der Waals surface area contributed by atoms with Gasteiger partial charge in [0, 0.05) is 17.6 Å². The highest BCUT2D eigenvalue weighted by molar-refractivity contribution is 5.99. The number of hydrogen-bond acceptors (Lipinski definition) is 1. The topological polar surface area (TPSA) is 43.9 Å². The van der Waals surface area contributed by atoms with Gasteiger partial charge in [0.2, 0.25) is 0 Å². The highest BCUT2D eigenvalue weighted by Crippen LogP contribution is 2.29. The summed E-state index contributed by atoms with van der Waals surface area (Å²) in [6.07, 6.45) is 23.0. The fraction of sp³-hybridized carbons (Fsp3) is 0.519. The van der Waals surface area contributed by atoms with E-state index in [0.717, 1.165) is 24.2 Å². The van der Waals surface area contributed by atoms with Crippen LogP contribution in [0.3, 0.4) is 0 Å². The van der Waals surface area contributed by atoms with E-state index in [1.165, 1.54) is 86.0 Å². The summed E-state index contributed by atoms with van der Waals surface area (Å²) in [4.78, 5) is 11.8. The second-order valence-corrected chi connectivity index (χ2v) is 8.54. The molecule has 0 atom stereocenters. The highest BCUT2D eigenvalue weighted by Gasteiger charge is 2.14. The van der Waals surface area contributed by atoms with Gasteiger partial charge in [-0.3, -0.25) is 4.99 Å². The van der Waals surface area contributed by atoms with Gasteiger partial charge in [-0.2, -0.15) is 0 Å². The summed E-state index contributed by atoms with van der Waals surface area (Å²) >= 11 is 0. The predicted molar refractivity (Wildman–Crippen MR) is 131 cm³/mol. The maximum Gasteiger partial charge on any atom is 0.0659 e. The number of nitrogens with one attached hydrogen (secondary N) is 2. The Morgan fingerprint density at radius 3 is 2.33 bits per heavy atom. The van der Waals surface area contributed by atoms with Crippen LogP contribution in [0.4, 0.5) is 0 Å². The molecule has 0 unspecified atom stereocenters. The Bertz CT molecular complexity index is 862. The predicted octanol–water partition coefficient (Wildman–Crippen LogP) is 8.15. The van der Waals surface area contributed by atoms with Crippen molar-refractivity contribution < 1.29 is 0 Å². The number of nitrogens with zero attached hydrogens (tertiary/aromatic N) is 1. The molecule has 0 radical (unpaired) electrons. The van der Waals surface area contributed by atoms with Gasteiger partial charge in [-0.15, -0.1) is 0 Å². The van der Waals surface area contributed by atoms with E-state index in [0.29, 0.717) is 0 Å². The molecule has 0 amide bonds. The van der Waals surface area contributed by atoms with Crippen LogP contribution in [-0.2, 0) is 6.42 Å². The largest absolute Gasteiger partial charge is 0.360 e. The Morgan fingerprint density at radius 1 is 0.933 bits per heavy atom. The standard InChI is InChI=1S/C27H39N3/c1-4-6-7-8-9-10-11-12-13-15-22-17-18-23(29-22)20-26-21(3)24(5-2)27(30-26)25-16-14-19-28-25/h14,16-20,28,30H,4-13,15H2,1-3H3. The number of rotatable bonds is 13. The number of H-pyrrole nitrogens is 2. The van der Waals surface area contributed by atoms with Gasteiger partial charge in [0.05, 0.1) is 17.1 Å². The van der Waals surface area contributed by atoms with Crippen molar-refractivity contribution in [1.29, 1.82) is 0 Å². The van der Waals surface area contributed by atoms with Crippen molar-refractivity contribution in [2.45, 2.75) is 91.4 Å². The second kappa shape index (κ2) is 11.8. The zero-order chi connectivity index (χ0) is 21.2. The number of allylic oxidation sites excluding steroid dienone is 2. The molecule has 3 heterocycles. The number of aromatic amines is 2. The lowest BCUT2D eigenvalue weighted by Gasteiger charge is -2.01. The quantitative estimate of drug-likeness (QED) is 0.316. The molecule has 0 aromatic carbocycles. The second-order valence-electron chi connectivity index (χ2n) is 8.54. The van der Waals surface area contributed by atoms with Gasteiger partial charge >= 0.3 is 0 Å². The summed E-state index contributed by atoms with van der Waals surface area (Å²) < 4.78 is 0. The summed E-state index contributed by atoms with van der Waals surface area (Å²) in [5.41, 5.74) is 8.52. The summed E-state index contributed by atoms with van der Waals surface area (Å²) in [6.45, 7) is 6.71. The van der Waals surface area contributed by atoms with E-state index >= 15 is 0 Å². The monoisotopic (exact) mass is 405 g/mol. The molecule has 0 spiro atoms. The summed E-state index contributed by atoms with van der Waals surface area (Å²) in [6, 6.07) is 4.17. The van der Waals surface area contributed by atoms with E-state index in [-0.39, 0.29) is 0 Å². The first kappa shape index (κ1) is 22.4. The molecule has 0 saturated heterocycles. The Hall–Kier alpha value is -2.29.